The molecular weight excluding hydrogens is 206 g/mol. The number of rotatable bonds is 4. The van der Waals surface area contributed by atoms with Crippen LogP contribution in [0, 0.1) is 11.8 Å². The molecule has 1 rings (SSSR count). The van der Waals surface area contributed by atoms with Crippen molar-refractivity contribution >= 4 is 0 Å². The highest BCUT2D eigenvalue weighted by molar-refractivity contribution is 5.27. The molecule has 0 saturated heterocycles. The van der Waals surface area contributed by atoms with Gasteiger partial charge in [0.05, 0.1) is 0 Å². The molecule has 2 unspecified atom stereocenters. The van der Waals surface area contributed by atoms with E-state index in [0.29, 0.717) is 11.8 Å². The predicted octanol–water partition coefficient (Wildman–Crippen LogP) is 3.76. The zero-order valence-corrected chi connectivity index (χ0v) is 12.0. The van der Waals surface area contributed by atoms with Crippen LogP contribution in [0.5, 0.6) is 0 Å². The highest BCUT2D eigenvalue weighted by Crippen LogP contribution is 2.23. The van der Waals surface area contributed by atoms with Gasteiger partial charge in [-0.25, -0.2) is 0 Å². The molecule has 0 fully saturated rings. The summed E-state index contributed by atoms with van der Waals surface area (Å²) in [5.41, 5.74) is 8.78. The number of hydrogen-bond donors (Lipinski definition) is 1. The van der Waals surface area contributed by atoms with Gasteiger partial charge in [0.15, 0.2) is 0 Å². The lowest BCUT2D eigenvalue weighted by molar-refractivity contribution is 0.394. The fourth-order valence-corrected chi connectivity index (χ4v) is 1.95. The summed E-state index contributed by atoms with van der Waals surface area (Å²) >= 11 is 0. The zero-order valence-electron chi connectivity index (χ0n) is 12.0. The minimum atomic E-state index is 0.245. The van der Waals surface area contributed by atoms with Crippen molar-refractivity contribution in [1.29, 1.82) is 0 Å². The fourth-order valence-electron chi connectivity index (χ4n) is 1.95. The summed E-state index contributed by atoms with van der Waals surface area (Å²) in [4.78, 5) is 0. The second-order valence-corrected chi connectivity index (χ2v) is 6.34. The van der Waals surface area contributed by atoms with Crippen molar-refractivity contribution in [3.63, 3.8) is 0 Å². The van der Waals surface area contributed by atoms with Gasteiger partial charge in [-0.2, -0.15) is 0 Å². The normalized spacial score (nSPS) is 15.6. The van der Waals surface area contributed by atoms with E-state index in [1.54, 1.807) is 0 Å². The monoisotopic (exact) mass is 233 g/mol. The van der Waals surface area contributed by atoms with Gasteiger partial charge in [0.1, 0.15) is 0 Å². The van der Waals surface area contributed by atoms with Crippen LogP contribution in [0.3, 0.4) is 0 Å². The fraction of sp³-hybridized carbons (Fsp3) is 0.625. The molecule has 0 spiro atoms. The maximum atomic E-state index is 5.71. The van der Waals surface area contributed by atoms with Gasteiger partial charge in [-0.1, -0.05) is 58.9 Å². The van der Waals surface area contributed by atoms with Crippen molar-refractivity contribution in [1.82, 2.24) is 0 Å². The van der Waals surface area contributed by atoms with Crippen LogP contribution in [0.2, 0.25) is 0 Å². The maximum absolute atomic E-state index is 5.71. The van der Waals surface area contributed by atoms with Gasteiger partial charge in [-0.15, -0.1) is 0 Å². The van der Waals surface area contributed by atoms with Crippen LogP contribution in [0.15, 0.2) is 24.3 Å². The summed E-state index contributed by atoms with van der Waals surface area (Å²) < 4.78 is 0. The molecule has 1 heteroatoms. The SMILES string of the molecule is CC(CN)C(C)Cc1ccc(C(C)(C)C)cc1. The lowest BCUT2D eigenvalue weighted by Crippen LogP contribution is -2.20. The first-order chi connectivity index (χ1) is 7.84. The minimum Gasteiger partial charge on any atom is -0.330 e. The summed E-state index contributed by atoms with van der Waals surface area (Å²) in [6.07, 6.45) is 1.13. The summed E-state index contributed by atoms with van der Waals surface area (Å²) in [5, 5.41) is 0. The van der Waals surface area contributed by atoms with Crippen LogP contribution < -0.4 is 5.73 Å². The maximum Gasteiger partial charge on any atom is -0.00488 e. The molecule has 1 aromatic rings. The van der Waals surface area contributed by atoms with Crippen LogP contribution in [-0.4, -0.2) is 6.54 Å². The van der Waals surface area contributed by atoms with Crippen molar-refractivity contribution in [2.75, 3.05) is 6.54 Å². The van der Waals surface area contributed by atoms with Crippen LogP contribution in [-0.2, 0) is 11.8 Å². The summed E-state index contributed by atoms with van der Waals surface area (Å²) in [5.74, 6) is 1.25. The topological polar surface area (TPSA) is 26.0 Å². The Morgan fingerprint density at radius 1 is 1.00 bits per heavy atom. The van der Waals surface area contributed by atoms with Crippen molar-refractivity contribution in [2.45, 2.75) is 46.5 Å². The van der Waals surface area contributed by atoms with Crippen molar-refractivity contribution in [2.24, 2.45) is 17.6 Å². The number of hydrogen-bond acceptors (Lipinski definition) is 1. The molecule has 1 aromatic carbocycles. The molecule has 1 nitrogen and oxygen atoms in total. The highest BCUT2D eigenvalue weighted by Gasteiger charge is 2.14. The van der Waals surface area contributed by atoms with Crippen molar-refractivity contribution in [3.8, 4) is 0 Å². The van der Waals surface area contributed by atoms with E-state index in [-0.39, 0.29) is 5.41 Å². The predicted molar refractivity (Wildman–Crippen MR) is 76.2 cm³/mol. The second kappa shape index (κ2) is 5.68. The second-order valence-electron chi connectivity index (χ2n) is 6.34. The van der Waals surface area contributed by atoms with Gasteiger partial charge in [-0.3, -0.25) is 0 Å². The third-order valence-electron chi connectivity index (χ3n) is 3.72. The molecule has 0 amide bonds. The molecule has 0 aromatic heterocycles. The molecule has 0 heterocycles. The highest BCUT2D eigenvalue weighted by atomic mass is 14.5. The van der Waals surface area contributed by atoms with Crippen molar-refractivity contribution < 1.29 is 0 Å². The van der Waals surface area contributed by atoms with E-state index >= 15 is 0 Å². The Morgan fingerprint density at radius 2 is 1.53 bits per heavy atom. The average Bonchev–Trinajstić information content (AvgIpc) is 2.27. The lowest BCUT2D eigenvalue weighted by atomic mass is 9.85. The number of benzene rings is 1. The van der Waals surface area contributed by atoms with E-state index in [9.17, 15) is 0 Å². The Hall–Kier alpha value is -0.820. The van der Waals surface area contributed by atoms with Gasteiger partial charge in [0.2, 0.25) is 0 Å². The zero-order chi connectivity index (χ0) is 13.1. The molecule has 0 radical (unpaired) electrons. The standard InChI is InChI=1S/C16H27N/c1-12(13(2)11-17)10-14-6-8-15(9-7-14)16(3,4)5/h6-9,12-13H,10-11,17H2,1-5H3. The Labute approximate surface area is 106 Å². The smallest absolute Gasteiger partial charge is 0.00488 e. The molecule has 17 heavy (non-hydrogen) atoms. The van der Waals surface area contributed by atoms with Gasteiger partial charge < -0.3 is 5.73 Å². The van der Waals surface area contributed by atoms with Crippen LogP contribution in [0.4, 0.5) is 0 Å². The lowest BCUT2D eigenvalue weighted by Gasteiger charge is -2.21. The van der Waals surface area contributed by atoms with E-state index in [1.165, 1.54) is 11.1 Å². The first-order valence-corrected chi connectivity index (χ1v) is 6.64. The van der Waals surface area contributed by atoms with Crippen LogP contribution in [0.25, 0.3) is 0 Å². The van der Waals surface area contributed by atoms with Crippen LogP contribution >= 0.6 is 0 Å². The third kappa shape index (κ3) is 4.16. The quantitative estimate of drug-likeness (QED) is 0.842. The molecule has 0 bridgehead atoms. The van der Waals surface area contributed by atoms with Gasteiger partial charge in [-0.05, 0) is 41.3 Å². The molecule has 0 saturated carbocycles. The van der Waals surface area contributed by atoms with Crippen molar-refractivity contribution in [3.05, 3.63) is 35.4 Å². The number of nitrogens with two attached hydrogens (primary N) is 1. The first kappa shape index (κ1) is 14.2. The van der Waals surface area contributed by atoms with Gasteiger partial charge >= 0.3 is 0 Å². The summed E-state index contributed by atoms with van der Waals surface area (Å²) in [6.45, 7) is 12.0. The first-order valence-electron chi connectivity index (χ1n) is 6.64. The Balaban J connectivity index is 2.69. The molecule has 0 aliphatic carbocycles. The Morgan fingerprint density at radius 3 is 1.94 bits per heavy atom. The van der Waals surface area contributed by atoms with E-state index in [1.807, 2.05) is 0 Å². The largest absolute Gasteiger partial charge is 0.330 e. The molecule has 0 aliphatic rings. The van der Waals surface area contributed by atoms with E-state index in [2.05, 4.69) is 58.9 Å². The molecular formula is C16H27N. The summed E-state index contributed by atoms with van der Waals surface area (Å²) in [6, 6.07) is 9.05. The Bertz CT molecular complexity index is 332. The molecule has 96 valence electrons. The van der Waals surface area contributed by atoms with Crippen LogP contribution in [0.1, 0.15) is 45.7 Å². The van der Waals surface area contributed by atoms with E-state index in [4.69, 9.17) is 5.73 Å². The van der Waals surface area contributed by atoms with E-state index < -0.39 is 0 Å². The minimum absolute atomic E-state index is 0.245. The van der Waals surface area contributed by atoms with E-state index in [0.717, 1.165) is 13.0 Å². The molecule has 2 atom stereocenters. The van der Waals surface area contributed by atoms with Gasteiger partial charge in [0.25, 0.3) is 0 Å². The molecule has 0 aliphatic heterocycles. The summed E-state index contributed by atoms with van der Waals surface area (Å²) in [7, 11) is 0. The Kier molecular flexibility index (Phi) is 4.76. The van der Waals surface area contributed by atoms with Gasteiger partial charge in [0, 0.05) is 0 Å². The average molecular weight is 233 g/mol. The molecule has 2 N–H and O–H groups in total. The third-order valence-corrected chi connectivity index (χ3v) is 3.72.